The van der Waals surface area contributed by atoms with Gasteiger partial charge in [0.1, 0.15) is 5.82 Å². The van der Waals surface area contributed by atoms with Crippen LogP contribution in [0.3, 0.4) is 0 Å². The summed E-state index contributed by atoms with van der Waals surface area (Å²) in [6, 6.07) is 9.08. The summed E-state index contributed by atoms with van der Waals surface area (Å²) in [5.41, 5.74) is 2.25. The van der Waals surface area contributed by atoms with E-state index in [9.17, 15) is 4.39 Å². The summed E-state index contributed by atoms with van der Waals surface area (Å²) in [4.78, 5) is 0. The average Bonchev–Trinajstić information content (AvgIpc) is 2.80. The van der Waals surface area contributed by atoms with Crippen molar-refractivity contribution >= 4 is 0 Å². The summed E-state index contributed by atoms with van der Waals surface area (Å²) in [5, 5.41) is 8.20. The second-order valence-corrected chi connectivity index (χ2v) is 9.12. The minimum Gasteiger partial charge on any atom is -0.477 e. The highest BCUT2D eigenvalue weighted by Gasteiger charge is 2.21. The highest BCUT2D eigenvalue weighted by atomic mass is 19.1. The van der Waals surface area contributed by atoms with E-state index in [-0.39, 0.29) is 5.82 Å². The molecule has 0 amide bonds. The Morgan fingerprint density at radius 3 is 2.26 bits per heavy atom. The summed E-state index contributed by atoms with van der Waals surface area (Å²) in [6.07, 6.45) is 15.7. The van der Waals surface area contributed by atoms with Gasteiger partial charge in [-0.15, -0.1) is 10.2 Å². The van der Waals surface area contributed by atoms with E-state index in [1.807, 2.05) is 25.1 Å². The molecule has 0 radical (unpaired) electrons. The van der Waals surface area contributed by atoms with E-state index in [0.717, 1.165) is 35.8 Å². The van der Waals surface area contributed by atoms with Crippen LogP contribution in [-0.2, 0) is 6.42 Å². The minimum absolute atomic E-state index is 0.131. The number of rotatable bonds is 12. The van der Waals surface area contributed by atoms with Gasteiger partial charge >= 0.3 is 0 Å². The first-order valence-corrected chi connectivity index (χ1v) is 12.4. The van der Waals surface area contributed by atoms with Gasteiger partial charge in [-0.05, 0) is 49.3 Å². The van der Waals surface area contributed by atoms with Crippen LogP contribution in [0, 0.1) is 17.7 Å². The van der Waals surface area contributed by atoms with E-state index in [4.69, 9.17) is 4.74 Å². The minimum atomic E-state index is -0.131. The molecule has 31 heavy (non-hydrogen) atoms. The van der Waals surface area contributed by atoms with E-state index in [2.05, 4.69) is 17.1 Å². The van der Waals surface area contributed by atoms with Gasteiger partial charge < -0.3 is 4.74 Å². The zero-order chi connectivity index (χ0) is 21.9. The van der Waals surface area contributed by atoms with Crippen molar-refractivity contribution in [3.63, 3.8) is 0 Å². The number of nitrogens with zero attached hydrogens (tertiary/aromatic N) is 2. The molecular formula is C27H39FN2O. The molecule has 0 saturated heterocycles. The quantitative estimate of drug-likeness (QED) is 0.325. The Morgan fingerprint density at radius 1 is 0.871 bits per heavy atom. The first-order valence-electron chi connectivity index (χ1n) is 12.4. The normalized spacial score (nSPS) is 18.8. The number of unbranched alkanes of at least 4 members (excludes halogenated alkanes) is 4. The topological polar surface area (TPSA) is 35.0 Å². The number of benzene rings is 1. The molecule has 170 valence electrons. The predicted molar refractivity (Wildman–Crippen MR) is 126 cm³/mol. The number of halogens is 1. The highest BCUT2D eigenvalue weighted by Crippen LogP contribution is 2.34. The number of ether oxygens (including phenoxy) is 1. The van der Waals surface area contributed by atoms with Crippen molar-refractivity contribution < 1.29 is 9.13 Å². The van der Waals surface area contributed by atoms with Crippen LogP contribution in [0.1, 0.15) is 90.0 Å². The van der Waals surface area contributed by atoms with E-state index in [1.165, 1.54) is 64.2 Å². The van der Waals surface area contributed by atoms with Crippen LogP contribution in [0.5, 0.6) is 5.88 Å². The lowest BCUT2D eigenvalue weighted by Gasteiger charge is -2.28. The van der Waals surface area contributed by atoms with Crippen LogP contribution in [-0.4, -0.2) is 16.8 Å². The van der Waals surface area contributed by atoms with Gasteiger partial charge in [0.2, 0.25) is 5.88 Å². The Kier molecular flexibility index (Phi) is 9.77. The highest BCUT2D eigenvalue weighted by molar-refractivity contribution is 5.59. The second kappa shape index (κ2) is 12.8. The molecule has 0 aliphatic heterocycles. The molecule has 1 aliphatic carbocycles. The fraction of sp³-hybridized carbons (Fsp3) is 0.630. The van der Waals surface area contributed by atoms with Crippen molar-refractivity contribution in [1.82, 2.24) is 10.2 Å². The van der Waals surface area contributed by atoms with Gasteiger partial charge in [-0.3, -0.25) is 0 Å². The van der Waals surface area contributed by atoms with E-state index in [1.54, 1.807) is 12.1 Å². The van der Waals surface area contributed by atoms with Gasteiger partial charge in [-0.1, -0.05) is 83.3 Å². The van der Waals surface area contributed by atoms with Gasteiger partial charge in [0.25, 0.3) is 0 Å². The van der Waals surface area contributed by atoms with E-state index in [0.29, 0.717) is 18.2 Å². The lowest BCUT2D eigenvalue weighted by atomic mass is 9.77. The molecule has 1 heterocycles. The van der Waals surface area contributed by atoms with E-state index < -0.39 is 0 Å². The van der Waals surface area contributed by atoms with Crippen LogP contribution in [0.25, 0.3) is 11.3 Å². The monoisotopic (exact) mass is 426 g/mol. The molecule has 0 spiro atoms. The molecule has 3 rings (SSSR count). The van der Waals surface area contributed by atoms with Crippen molar-refractivity contribution in [2.45, 2.75) is 90.9 Å². The number of hydrogen-bond acceptors (Lipinski definition) is 3. The van der Waals surface area contributed by atoms with Gasteiger partial charge in [0.05, 0.1) is 12.3 Å². The molecule has 4 heteroatoms. The summed E-state index contributed by atoms with van der Waals surface area (Å²) < 4.78 is 20.0. The molecule has 1 aromatic heterocycles. The molecule has 2 aromatic rings. The lowest BCUT2D eigenvalue weighted by Crippen LogP contribution is -2.15. The summed E-state index contributed by atoms with van der Waals surface area (Å²) in [6.45, 7) is 4.74. The fourth-order valence-corrected chi connectivity index (χ4v) is 4.81. The van der Waals surface area contributed by atoms with Crippen LogP contribution in [0.4, 0.5) is 4.39 Å². The third-order valence-corrected chi connectivity index (χ3v) is 6.79. The Labute approximate surface area is 187 Å². The summed E-state index contributed by atoms with van der Waals surface area (Å²) in [5.74, 6) is 2.06. The molecule has 0 N–H and O–H groups in total. The maximum absolute atomic E-state index is 14.7. The van der Waals surface area contributed by atoms with Crippen molar-refractivity contribution in [2.75, 3.05) is 6.61 Å². The van der Waals surface area contributed by atoms with Gasteiger partial charge in [0.15, 0.2) is 0 Å². The molecule has 0 bridgehead atoms. The van der Waals surface area contributed by atoms with Crippen molar-refractivity contribution in [3.05, 3.63) is 41.7 Å². The first-order chi connectivity index (χ1) is 15.2. The number of aryl methyl sites for hydroxylation is 1. The maximum Gasteiger partial charge on any atom is 0.233 e. The summed E-state index contributed by atoms with van der Waals surface area (Å²) in [7, 11) is 0. The Morgan fingerprint density at radius 2 is 1.61 bits per heavy atom. The number of aromatic nitrogens is 2. The lowest BCUT2D eigenvalue weighted by molar-refractivity contribution is 0.248. The number of hydrogen-bond donors (Lipinski definition) is 0. The zero-order valence-electron chi connectivity index (χ0n) is 19.4. The maximum atomic E-state index is 14.7. The SMILES string of the molecule is CCCCCCCC1CCC(CCc2ccc(-c3ccc(OCC)nn3)cc2F)CC1. The smallest absolute Gasteiger partial charge is 0.233 e. The average molecular weight is 427 g/mol. The molecule has 0 unspecified atom stereocenters. The van der Waals surface area contributed by atoms with Crippen molar-refractivity contribution in [1.29, 1.82) is 0 Å². The Bertz CT molecular complexity index is 769. The molecule has 0 atom stereocenters. The van der Waals surface area contributed by atoms with Gasteiger partial charge in [-0.2, -0.15) is 0 Å². The molecular weight excluding hydrogens is 387 g/mol. The predicted octanol–water partition coefficient (Wildman–Crippen LogP) is 7.78. The van der Waals surface area contributed by atoms with Crippen LogP contribution in [0.15, 0.2) is 30.3 Å². The van der Waals surface area contributed by atoms with Crippen LogP contribution in [0.2, 0.25) is 0 Å². The molecule has 3 nitrogen and oxygen atoms in total. The van der Waals surface area contributed by atoms with Crippen molar-refractivity contribution in [3.8, 4) is 17.1 Å². The fourth-order valence-electron chi connectivity index (χ4n) is 4.81. The third kappa shape index (κ3) is 7.59. The molecule has 1 aliphatic rings. The standard InChI is InChI=1S/C27H39FN2O/c1-3-5-6-7-8-9-21-10-12-22(13-11-21)14-15-23-16-17-24(20-25(23)28)26-18-19-27(30-29-26)31-4-2/h16-22H,3-15H2,1-2H3. The van der Waals surface area contributed by atoms with Gasteiger partial charge in [-0.25, -0.2) is 4.39 Å². The van der Waals surface area contributed by atoms with Gasteiger partial charge in [0, 0.05) is 11.6 Å². The third-order valence-electron chi connectivity index (χ3n) is 6.79. The Hall–Kier alpha value is -1.97. The molecule has 1 fully saturated rings. The molecule has 1 aromatic carbocycles. The zero-order valence-corrected chi connectivity index (χ0v) is 19.4. The van der Waals surface area contributed by atoms with Crippen LogP contribution < -0.4 is 4.74 Å². The largest absolute Gasteiger partial charge is 0.477 e. The van der Waals surface area contributed by atoms with Crippen molar-refractivity contribution in [2.24, 2.45) is 11.8 Å². The summed E-state index contributed by atoms with van der Waals surface area (Å²) >= 11 is 0. The molecule has 1 saturated carbocycles. The first kappa shape index (κ1) is 23.7. The second-order valence-electron chi connectivity index (χ2n) is 9.12. The Balaban J connectivity index is 1.42. The van der Waals surface area contributed by atoms with Crippen LogP contribution >= 0.6 is 0 Å². The van der Waals surface area contributed by atoms with E-state index >= 15 is 0 Å².